The maximum atomic E-state index is 12.9. The molecule has 0 saturated heterocycles. The number of benzene rings is 2. The number of thioether (sulfide) groups is 1. The summed E-state index contributed by atoms with van der Waals surface area (Å²) in [5.74, 6) is 0.826. The lowest BCUT2D eigenvalue weighted by Gasteiger charge is -2.13. The van der Waals surface area contributed by atoms with Gasteiger partial charge < -0.3 is 5.32 Å². The summed E-state index contributed by atoms with van der Waals surface area (Å²) in [7, 11) is 0. The van der Waals surface area contributed by atoms with Crippen molar-refractivity contribution in [1.82, 2.24) is 9.97 Å². The van der Waals surface area contributed by atoms with Gasteiger partial charge in [0, 0.05) is 22.3 Å². The molecule has 4 nitrogen and oxygen atoms in total. The zero-order chi connectivity index (χ0) is 19.5. The maximum Gasteiger partial charge on any atom is 0.256 e. The first-order chi connectivity index (χ1) is 13.7. The topological polar surface area (TPSA) is 54.9 Å². The summed E-state index contributed by atoms with van der Waals surface area (Å²) in [5, 5.41) is 3.98. The van der Waals surface area contributed by atoms with Gasteiger partial charge in [-0.2, -0.15) is 0 Å². The second kappa shape index (κ2) is 8.12. The molecule has 2 aromatic carbocycles. The molecule has 6 heteroatoms. The lowest BCUT2D eigenvalue weighted by Crippen LogP contribution is -2.14. The molecule has 0 spiro atoms. The van der Waals surface area contributed by atoms with Crippen LogP contribution in [0.4, 0.5) is 5.69 Å². The predicted molar refractivity (Wildman–Crippen MR) is 118 cm³/mol. The number of carbonyl (C=O) groups excluding carboxylic acids is 1. The minimum absolute atomic E-state index is 0.0947. The van der Waals surface area contributed by atoms with Crippen LogP contribution in [-0.4, -0.2) is 21.6 Å². The Kier molecular flexibility index (Phi) is 5.41. The number of carbonyl (C=O) groups is 1. The van der Waals surface area contributed by atoms with Gasteiger partial charge in [0.2, 0.25) is 0 Å². The second-order valence-corrected chi connectivity index (χ2v) is 8.49. The highest BCUT2D eigenvalue weighted by Crippen LogP contribution is 2.34. The molecule has 4 aromatic rings. The van der Waals surface area contributed by atoms with Crippen LogP contribution in [0.2, 0.25) is 0 Å². The molecule has 28 heavy (non-hydrogen) atoms. The molecule has 2 heterocycles. The lowest BCUT2D eigenvalue weighted by molar-refractivity contribution is 0.102. The van der Waals surface area contributed by atoms with E-state index in [2.05, 4.69) is 17.2 Å². The zero-order valence-corrected chi connectivity index (χ0v) is 17.2. The van der Waals surface area contributed by atoms with Crippen LogP contribution in [0.3, 0.4) is 0 Å². The number of aromatic nitrogens is 2. The van der Waals surface area contributed by atoms with Gasteiger partial charge in [-0.25, -0.2) is 9.97 Å². The summed E-state index contributed by atoms with van der Waals surface area (Å²) in [6, 6.07) is 17.5. The van der Waals surface area contributed by atoms with E-state index in [0.29, 0.717) is 5.56 Å². The van der Waals surface area contributed by atoms with E-state index in [1.807, 2.05) is 61.5 Å². The number of hydrogen-bond donors (Lipinski definition) is 1. The Hall–Kier alpha value is -2.70. The van der Waals surface area contributed by atoms with Gasteiger partial charge in [-0.05, 0) is 48.6 Å². The number of fused-ring (bicyclic) bond motifs is 1. The van der Waals surface area contributed by atoms with Gasteiger partial charge in [-0.1, -0.05) is 42.5 Å². The van der Waals surface area contributed by atoms with Crippen molar-refractivity contribution in [1.29, 1.82) is 0 Å². The van der Waals surface area contributed by atoms with Crippen LogP contribution in [0.1, 0.15) is 22.8 Å². The van der Waals surface area contributed by atoms with Gasteiger partial charge in [-0.15, -0.1) is 11.8 Å². The number of thiazole rings is 1. The van der Waals surface area contributed by atoms with Crippen LogP contribution in [-0.2, 0) is 0 Å². The van der Waals surface area contributed by atoms with Crippen LogP contribution in [0.15, 0.2) is 65.7 Å². The molecule has 0 unspecified atom stereocenters. The molecule has 0 fully saturated rings. The van der Waals surface area contributed by atoms with Crippen LogP contribution >= 0.6 is 23.1 Å². The molecular weight excluding hydrogens is 386 g/mol. The molecule has 0 aliphatic rings. The molecule has 0 bridgehead atoms. The summed E-state index contributed by atoms with van der Waals surface area (Å²) in [6.07, 6.45) is 1.78. The number of hydrogen-bond acceptors (Lipinski definition) is 5. The summed E-state index contributed by atoms with van der Waals surface area (Å²) < 4.78 is 0. The number of amides is 1. The molecule has 140 valence electrons. The summed E-state index contributed by atoms with van der Waals surface area (Å²) in [4.78, 5) is 23.9. The van der Waals surface area contributed by atoms with Crippen LogP contribution in [0.25, 0.3) is 20.9 Å². The molecule has 0 saturated carbocycles. The van der Waals surface area contributed by atoms with E-state index >= 15 is 0 Å². The fourth-order valence-corrected chi connectivity index (χ4v) is 4.81. The fraction of sp³-hybridized carbons (Fsp3) is 0.136. The average Bonchev–Trinajstić information content (AvgIpc) is 3.14. The molecule has 2 aromatic heterocycles. The maximum absolute atomic E-state index is 12.9. The minimum atomic E-state index is -0.0947. The number of rotatable bonds is 5. The molecule has 0 aliphatic heterocycles. The van der Waals surface area contributed by atoms with Crippen molar-refractivity contribution in [3.8, 4) is 10.6 Å². The third kappa shape index (κ3) is 3.66. The molecule has 0 atom stereocenters. The number of nitrogens with one attached hydrogen (secondary N) is 1. The average molecular weight is 406 g/mol. The highest BCUT2D eigenvalue weighted by Gasteiger charge is 2.15. The van der Waals surface area contributed by atoms with Crippen molar-refractivity contribution in [2.75, 3.05) is 11.1 Å². The largest absolute Gasteiger partial charge is 0.322 e. The van der Waals surface area contributed by atoms with Crippen molar-refractivity contribution < 1.29 is 4.79 Å². The van der Waals surface area contributed by atoms with Crippen molar-refractivity contribution in [2.45, 2.75) is 18.7 Å². The Morgan fingerprint density at radius 3 is 2.79 bits per heavy atom. The third-order valence-corrected chi connectivity index (χ3v) is 6.38. The Labute approximate surface area is 172 Å². The summed E-state index contributed by atoms with van der Waals surface area (Å²) in [5.41, 5.74) is 4.39. The Morgan fingerprint density at radius 2 is 1.96 bits per heavy atom. The van der Waals surface area contributed by atoms with E-state index in [1.54, 1.807) is 29.3 Å². The van der Waals surface area contributed by atoms with Gasteiger partial charge in [0.05, 0.1) is 5.56 Å². The molecule has 4 rings (SSSR count). The van der Waals surface area contributed by atoms with E-state index < -0.39 is 0 Å². The minimum Gasteiger partial charge on any atom is -0.322 e. The molecule has 1 amide bonds. The Balaban J connectivity index is 1.66. The summed E-state index contributed by atoms with van der Waals surface area (Å²) >= 11 is 3.23. The first kappa shape index (κ1) is 18.7. The SMILES string of the molecule is CCSc1ccccc1C(=O)Nc1cccc(-c2nc3cccnc3s2)c1C. The smallest absolute Gasteiger partial charge is 0.256 e. The Morgan fingerprint density at radius 1 is 1.11 bits per heavy atom. The van der Waals surface area contributed by atoms with Gasteiger partial charge >= 0.3 is 0 Å². The third-order valence-electron chi connectivity index (χ3n) is 4.41. The van der Waals surface area contributed by atoms with Crippen LogP contribution in [0, 0.1) is 6.92 Å². The predicted octanol–water partition coefficient (Wildman–Crippen LogP) is 6.03. The first-order valence-electron chi connectivity index (χ1n) is 9.02. The monoisotopic (exact) mass is 405 g/mol. The van der Waals surface area contributed by atoms with Crippen LogP contribution < -0.4 is 5.32 Å². The first-order valence-corrected chi connectivity index (χ1v) is 10.8. The van der Waals surface area contributed by atoms with Gasteiger partial charge in [0.15, 0.2) is 0 Å². The highest BCUT2D eigenvalue weighted by atomic mass is 32.2. The van der Waals surface area contributed by atoms with E-state index in [1.165, 1.54) is 0 Å². The molecule has 0 radical (unpaired) electrons. The van der Waals surface area contributed by atoms with E-state index in [9.17, 15) is 4.79 Å². The summed E-state index contributed by atoms with van der Waals surface area (Å²) in [6.45, 7) is 4.09. The van der Waals surface area contributed by atoms with E-state index in [0.717, 1.165) is 42.8 Å². The van der Waals surface area contributed by atoms with Gasteiger partial charge in [0.25, 0.3) is 5.91 Å². The molecule has 0 aliphatic carbocycles. The fourth-order valence-electron chi connectivity index (χ4n) is 3.01. The standard InChI is InChI=1S/C22H19N3OS2/c1-3-27-19-12-5-4-8-16(19)20(26)24-17-10-6-9-15(14(17)2)21-25-18-11-7-13-23-22(18)28-21/h4-13H,3H2,1-2H3,(H,24,26). The Bertz CT molecular complexity index is 1120. The molecule has 1 N–H and O–H groups in total. The molecular formula is C22H19N3OS2. The number of pyridine rings is 1. The zero-order valence-electron chi connectivity index (χ0n) is 15.6. The quantitative estimate of drug-likeness (QED) is 0.412. The number of nitrogens with zero attached hydrogens (tertiary/aromatic N) is 2. The van der Waals surface area contributed by atoms with Crippen LogP contribution in [0.5, 0.6) is 0 Å². The van der Waals surface area contributed by atoms with Gasteiger partial charge in [0.1, 0.15) is 15.4 Å². The van der Waals surface area contributed by atoms with E-state index in [-0.39, 0.29) is 5.91 Å². The second-order valence-electron chi connectivity index (χ2n) is 6.21. The van der Waals surface area contributed by atoms with Crippen molar-refractivity contribution >= 4 is 45.0 Å². The number of anilines is 1. The normalized spacial score (nSPS) is 10.9. The van der Waals surface area contributed by atoms with E-state index in [4.69, 9.17) is 4.98 Å². The van der Waals surface area contributed by atoms with Crippen molar-refractivity contribution in [3.63, 3.8) is 0 Å². The van der Waals surface area contributed by atoms with Crippen molar-refractivity contribution in [2.24, 2.45) is 0 Å². The lowest BCUT2D eigenvalue weighted by atomic mass is 10.1. The highest BCUT2D eigenvalue weighted by molar-refractivity contribution is 7.99. The van der Waals surface area contributed by atoms with Crippen molar-refractivity contribution in [3.05, 3.63) is 71.9 Å². The van der Waals surface area contributed by atoms with Gasteiger partial charge in [-0.3, -0.25) is 4.79 Å².